The molecule has 0 heterocycles. The van der Waals surface area contributed by atoms with E-state index in [1.165, 1.54) is 0 Å². The normalized spacial score (nSPS) is 28.2. The lowest BCUT2D eigenvalue weighted by Gasteiger charge is -2.02. The van der Waals surface area contributed by atoms with E-state index in [0.717, 1.165) is 13.0 Å². The van der Waals surface area contributed by atoms with E-state index in [1.807, 2.05) is 6.92 Å². The second-order valence-corrected chi connectivity index (χ2v) is 3.17. The lowest BCUT2D eigenvalue weighted by molar-refractivity contribution is -0.120. The molecule has 0 radical (unpaired) electrons. The van der Waals surface area contributed by atoms with Gasteiger partial charge in [-0.05, 0) is 18.9 Å². The molecule has 2 N–H and O–H groups in total. The number of rotatable bonds is 4. The number of carbonyl (C=O) groups excluding carboxylic acids is 1. The van der Waals surface area contributed by atoms with Crippen LogP contribution in [0.1, 0.15) is 20.3 Å². The zero-order chi connectivity index (χ0) is 8.27. The van der Waals surface area contributed by atoms with Crippen molar-refractivity contribution in [3.8, 4) is 0 Å². The number of nitrogens with one attached hydrogen (secondary N) is 2. The number of likely N-dealkylation sites (N-methyl/N-ethyl adjacent to an activating group) is 1. The van der Waals surface area contributed by atoms with Crippen LogP contribution in [0.15, 0.2) is 0 Å². The molecule has 0 aliphatic heterocycles. The van der Waals surface area contributed by atoms with Crippen molar-refractivity contribution in [2.45, 2.75) is 26.3 Å². The van der Waals surface area contributed by atoms with Crippen molar-refractivity contribution in [1.29, 1.82) is 0 Å². The summed E-state index contributed by atoms with van der Waals surface area (Å²) in [5.41, 5.74) is 0. The molecule has 0 bridgehead atoms. The van der Waals surface area contributed by atoms with E-state index in [9.17, 15) is 4.79 Å². The summed E-state index contributed by atoms with van der Waals surface area (Å²) in [6.45, 7) is 5.46. The van der Waals surface area contributed by atoms with Gasteiger partial charge in [-0.1, -0.05) is 13.8 Å². The number of amides is 1. The predicted octanol–water partition coefficient (Wildman–Crippen LogP) is 0.120. The van der Waals surface area contributed by atoms with Crippen molar-refractivity contribution in [1.82, 2.24) is 10.6 Å². The van der Waals surface area contributed by atoms with Gasteiger partial charge in [0.1, 0.15) is 0 Å². The second kappa shape index (κ2) is 3.72. The highest BCUT2D eigenvalue weighted by Crippen LogP contribution is 2.28. The number of hydrogen-bond donors (Lipinski definition) is 2. The molecule has 11 heavy (non-hydrogen) atoms. The Morgan fingerprint density at radius 2 is 2.27 bits per heavy atom. The van der Waals surface area contributed by atoms with E-state index in [1.54, 1.807) is 0 Å². The van der Waals surface area contributed by atoms with Gasteiger partial charge in [0.25, 0.3) is 0 Å². The first-order chi connectivity index (χ1) is 5.24. The first-order valence-corrected chi connectivity index (χ1v) is 4.24. The Morgan fingerprint density at radius 1 is 1.64 bits per heavy atom. The lowest BCUT2D eigenvalue weighted by Crippen LogP contribution is -2.35. The molecule has 1 saturated carbocycles. The topological polar surface area (TPSA) is 41.1 Å². The molecule has 2 unspecified atom stereocenters. The van der Waals surface area contributed by atoms with E-state index < -0.39 is 0 Å². The third-order valence-electron chi connectivity index (χ3n) is 1.99. The summed E-state index contributed by atoms with van der Waals surface area (Å²) < 4.78 is 0. The third kappa shape index (κ3) is 2.89. The minimum absolute atomic E-state index is 0.126. The van der Waals surface area contributed by atoms with E-state index >= 15 is 0 Å². The molecule has 1 aliphatic rings. The maximum atomic E-state index is 11.0. The lowest BCUT2D eigenvalue weighted by atomic mass is 10.4. The fraction of sp³-hybridized carbons (Fsp3) is 0.875. The highest BCUT2D eigenvalue weighted by molar-refractivity contribution is 5.78. The van der Waals surface area contributed by atoms with Crippen LogP contribution in [0, 0.1) is 5.92 Å². The highest BCUT2D eigenvalue weighted by atomic mass is 16.2. The van der Waals surface area contributed by atoms with Crippen LogP contribution in [-0.4, -0.2) is 25.0 Å². The Hall–Kier alpha value is -0.570. The minimum Gasteiger partial charge on any atom is -0.352 e. The first kappa shape index (κ1) is 8.53. The molecule has 0 aromatic carbocycles. The van der Waals surface area contributed by atoms with Crippen LogP contribution in [-0.2, 0) is 4.79 Å². The average molecular weight is 156 g/mol. The predicted molar refractivity (Wildman–Crippen MR) is 44.3 cm³/mol. The largest absolute Gasteiger partial charge is 0.352 e. The molecule has 1 fully saturated rings. The maximum Gasteiger partial charge on any atom is 0.234 e. The molecule has 0 aromatic rings. The monoisotopic (exact) mass is 156 g/mol. The Bertz CT molecular complexity index is 147. The number of carbonyl (C=O) groups is 1. The number of hydrogen-bond acceptors (Lipinski definition) is 2. The van der Waals surface area contributed by atoms with Crippen molar-refractivity contribution >= 4 is 5.91 Å². The quantitative estimate of drug-likeness (QED) is 0.607. The molecular formula is C8H16N2O. The second-order valence-electron chi connectivity index (χ2n) is 3.17. The van der Waals surface area contributed by atoms with Crippen LogP contribution in [0.3, 0.4) is 0 Å². The van der Waals surface area contributed by atoms with Gasteiger partial charge in [-0.15, -0.1) is 0 Å². The van der Waals surface area contributed by atoms with Crippen LogP contribution >= 0.6 is 0 Å². The van der Waals surface area contributed by atoms with Gasteiger partial charge < -0.3 is 10.6 Å². The van der Waals surface area contributed by atoms with E-state index in [2.05, 4.69) is 17.6 Å². The Labute approximate surface area is 67.5 Å². The van der Waals surface area contributed by atoms with Gasteiger partial charge in [0.15, 0.2) is 0 Å². The summed E-state index contributed by atoms with van der Waals surface area (Å²) in [5.74, 6) is 0.821. The van der Waals surface area contributed by atoms with Crippen molar-refractivity contribution in [3.05, 3.63) is 0 Å². The smallest absolute Gasteiger partial charge is 0.234 e. The summed E-state index contributed by atoms with van der Waals surface area (Å²) >= 11 is 0. The molecule has 0 saturated heterocycles. The highest BCUT2D eigenvalue weighted by Gasteiger charge is 2.33. The maximum absolute atomic E-state index is 11.0. The molecule has 1 amide bonds. The minimum atomic E-state index is 0.126. The van der Waals surface area contributed by atoms with E-state index in [0.29, 0.717) is 18.5 Å². The van der Waals surface area contributed by atoms with Crippen molar-refractivity contribution in [2.24, 2.45) is 5.92 Å². The Balaban J connectivity index is 2.02. The van der Waals surface area contributed by atoms with E-state index in [4.69, 9.17) is 0 Å². The van der Waals surface area contributed by atoms with Crippen LogP contribution in [0.2, 0.25) is 0 Å². The van der Waals surface area contributed by atoms with Crippen LogP contribution < -0.4 is 10.6 Å². The van der Waals surface area contributed by atoms with Crippen LogP contribution in [0.4, 0.5) is 0 Å². The van der Waals surface area contributed by atoms with Crippen molar-refractivity contribution in [2.75, 3.05) is 13.1 Å². The summed E-state index contributed by atoms with van der Waals surface area (Å²) in [6, 6.07) is 0.459. The van der Waals surface area contributed by atoms with Crippen LogP contribution in [0.25, 0.3) is 0 Å². The van der Waals surface area contributed by atoms with Crippen LogP contribution in [0.5, 0.6) is 0 Å². The average Bonchev–Trinajstić information content (AvgIpc) is 2.62. The molecule has 1 rings (SSSR count). The zero-order valence-corrected chi connectivity index (χ0v) is 7.18. The van der Waals surface area contributed by atoms with Gasteiger partial charge in [0.2, 0.25) is 5.91 Å². The van der Waals surface area contributed by atoms with Gasteiger partial charge in [0.05, 0.1) is 6.54 Å². The van der Waals surface area contributed by atoms with Gasteiger partial charge in [-0.25, -0.2) is 0 Å². The van der Waals surface area contributed by atoms with E-state index in [-0.39, 0.29) is 5.91 Å². The summed E-state index contributed by atoms with van der Waals surface area (Å²) in [5, 5.41) is 5.92. The molecule has 3 nitrogen and oxygen atoms in total. The van der Waals surface area contributed by atoms with Crippen molar-refractivity contribution in [3.63, 3.8) is 0 Å². The fourth-order valence-electron chi connectivity index (χ4n) is 1.02. The molecule has 0 spiro atoms. The standard InChI is InChI=1S/C8H16N2O/c1-3-9-5-8(11)10-7-4-6(7)2/h6-7,9H,3-5H2,1-2H3,(H,10,11). The molecular weight excluding hydrogens is 140 g/mol. The molecule has 2 atom stereocenters. The summed E-state index contributed by atoms with van der Waals surface area (Å²) in [7, 11) is 0. The Kier molecular flexibility index (Phi) is 2.88. The summed E-state index contributed by atoms with van der Waals surface area (Å²) in [4.78, 5) is 11.0. The van der Waals surface area contributed by atoms with Gasteiger partial charge in [-0.2, -0.15) is 0 Å². The Morgan fingerprint density at radius 3 is 2.73 bits per heavy atom. The fourth-order valence-corrected chi connectivity index (χ4v) is 1.02. The molecule has 0 aromatic heterocycles. The molecule has 64 valence electrons. The molecule has 1 aliphatic carbocycles. The van der Waals surface area contributed by atoms with Gasteiger partial charge in [-0.3, -0.25) is 4.79 Å². The summed E-state index contributed by atoms with van der Waals surface area (Å²) in [6.07, 6.45) is 1.15. The zero-order valence-electron chi connectivity index (χ0n) is 7.18. The third-order valence-corrected chi connectivity index (χ3v) is 1.99. The molecule has 3 heteroatoms. The van der Waals surface area contributed by atoms with Gasteiger partial charge in [0, 0.05) is 6.04 Å². The SMILES string of the molecule is CCNCC(=O)NC1CC1C. The van der Waals surface area contributed by atoms with Crippen molar-refractivity contribution < 1.29 is 4.79 Å². The van der Waals surface area contributed by atoms with Gasteiger partial charge >= 0.3 is 0 Å². The first-order valence-electron chi connectivity index (χ1n) is 4.24.